The molecule has 0 bridgehead atoms. The summed E-state index contributed by atoms with van der Waals surface area (Å²) in [5.41, 5.74) is 0.876. The standard InChI is InChI=1S/C10H8ClF3N2/c11-6-7-8(5-10(12,13)14)16-4-2-1-3-9(16)15-7/h1-4H,5-6H2. The van der Waals surface area contributed by atoms with Crippen LogP contribution in [-0.4, -0.2) is 15.6 Å². The molecule has 16 heavy (non-hydrogen) atoms. The van der Waals surface area contributed by atoms with E-state index in [0.29, 0.717) is 5.65 Å². The van der Waals surface area contributed by atoms with Crippen LogP contribution in [0, 0.1) is 0 Å². The summed E-state index contributed by atoms with van der Waals surface area (Å²) in [7, 11) is 0. The molecule has 86 valence electrons. The predicted octanol–water partition coefficient (Wildman–Crippen LogP) is 3.18. The number of imidazole rings is 1. The maximum absolute atomic E-state index is 12.4. The molecule has 0 N–H and O–H groups in total. The first-order chi connectivity index (χ1) is 7.51. The van der Waals surface area contributed by atoms with Crippen LogP contribution in [0.2, 0.25) is 0 Å². The van der Waals surface area contributed by atoms with Gasteiger partial charge in [-0.2, -0.15) is 13.2 Å². The molecule has 0 fully saturated rings. The van der Waals surface area contributed by atoms with Crippen LogP contribution >= 0.6 is 11.6 Å². The number of hydrogen-bond donors (Lipinski definition) is 0. The van der Waals surface area contributed by atoms with E-state index in [1.165, 1.54) is 4.40 Å². The number of rotatable bonds is 2. The van der Waals surface area contributed by atoms with Gasteiger partial charge in [-0.3, -0.25) is 0 Å². The van der Waals surface area contributed by atoms with Crippen LogP contribution in [0.5, 0.6) is 0 Å². The van der Waals surface area contributed by atoms with Crippen LogP contribution in [0.4, 0.5) is 13.2 Å². The molecular formula is C10H8ClF3N2. The van der Waals surface area contributed by atoms with Gasteiger partial charge in [0.05, 0.1) is 23.7 Å². The van der Waals surface area contributed by atoms with Gasteiger partial charge < -0.3 is 4.40 Å². The second kappa shape index (κ2) is 3.97. The Labute approximate surface area is 94.7 Å². The van der Waals surface area contributed by atoms with E-state index in [4.69, 9.17) is 11.6 Å². The summed E-state index contributed by atoms with van der Waals surface area (Å²) in [4.78, 5) is 4.05. The smallest absolute Gasteiger partial charge is 0.303 e. The van der Waals surface area contributed by atoms with Crippen LogP contribution in [0.1, 0.15) is 11.4 Å². The molecule has 0 atom stereocenters. The molecule has 2 heterocycles. The number of aromatic nitrogens is 2. The summed E-state index contributed by atoms with van der Waals surface area (Å²) in [5.74, 6) is -0.0207. The maximum atomic E-state index is 12.4. The zero-order valence-corrected chi connectivity index (χ0v) is 8.89. The van der Waals surface area contributed by atoms with Crippen molar-refractivity contribution in [2.45, 2.75) is 18.5 Å². The first kappa shape index (κ1) is 11.3. The predicted molar refractivity (Wildman–Crippen MR) is 54.5 cm³/mol. The Morgan fingerprint density at radius 1 is 1.31 bits per heavy atom. The van der Waals surface area contributed by atoms with Gasteiger partial charge in [0.25, 0.3) is 0 Å². The lowest BCUT2D eigenvalue weighted by atomic mass is 10.2. The van der Waals surface area contributed by atoms with Gasteiger partial charge in [-0.15, -0.1) is 11.6 Å². The van der Waals surface area contributed by atoms with Gasteiger partial charge in [0.2, 0.25) is 0 Å². The topological polar surface area (TPSA) is 17.3 Å². The normalized spacial score (nSPS) is 12.2. The Morgan fingerprint density at radius 3 is 2.69 bits per heavy atom. The number of halogens is 4. The van der Waals surface area contributed by atoms with Crippen molar-refractivity contribution < 1.29 is 13.2 Å². The Kier molecular flexibility index (Phi) is 2.80. The molecule has 2 aromatic heterocycles. The van der Waals surface area contributed by atoms with E-state index in [0.717, 1.165) is 0 Å². The Morgan fingerprint density at radius 2 is 2.06 bits per heavy atom. The second-order valence-corrected chi connectivity index (χ2v) is 3.63. The summed E-state index contributed by atoms with van der Waals surface area (Å²) in [6.07, 6.45) is -3.72. The Hall–Kier alpha value is -1.23. The zero-order valence-electron chi connectivity index (χ0n) is 8.13. The van der Waals surface area contributed by atoms with Gasteiger partial charge >= 0.3 is 6.18 Å². The van der Waals surface area contributed by atoms with E-state index in [9.17, 15) is 13.2 Å². The van der Waals surface area contributed by atoms with Gasteiger partial charge in [0.15, 0.2) is 0 Å². The van der Waals surface area contributed by atoms with Crippen molar-refractivity contribution in [3.63, 3.8) is 0 Å². The summed E-state index contributed by atoms with van der Waals surface area (Å²) in [5, 5.41) is 0. The van der Waals surface area contributed by atoms with E-state index in [1.807, 2.05) is 0 Å². The number of alkyl halides is 4. The highest BCUT2D eigenvalue weighted by atomic mass is 35.5. The van der Waals surface area contributed by atoms with E-state index in [-0.39, 0.29) is 17.3 Å². The van der Waals surface area contributed by atoms with Gasteiger partial charge in [-0.05, 0) is 12.1 Å². The van der Waals surface area contributed by atoms with Crippen LogP contribution in [-0.2, 0) is 12.3 Å². The number of pyridine rings is 1. The molecule has 0 saturated heterocycles. The minimum atomic E-state index is -4.26. The molecule has 0 radical (unpaired) electrons. The quantitative estimate of drug-likeness (QED) is 0.746. The monoisotopic (exact) mass is 248 g/mol. The second-order valence-electron chi connectivity index (χ2n) is 3.36. The van der Waals surface area contributed by atoms with Gasteiger partial charge in [-0.1, -0.05) is 6.07 Å². The molecule has 2 aromatic rings. The minimum Gasteiger partial charge on any atom is -0.303 e. The molecule has 0 amide bonds. The average molecular weight is 249 g/mol. The molecule has 2 rings (SSSR count). The van der Waals surface area contributed by atoms with E-state index in [1.54, 1.807) is 24.4 Å². The average Bonchev–Trinajstić information content (AvgIpc) is 2.55. The van der Waals surface area contributed by atoms with Crippen molar-refractivity contribution in [2.24, 2.45) is 0 Å². The number of hydrogen-bond acceptors (Lipinski definition) is 1. The summed E-state index contributed by atoms with van der Waals surface area (Å²) in [6, 6.07) is 5.03. The van der Waals surface area contributed by atoms with Crippen molar-refractivity contribution in [3.05, 3.63) is 35.8 Å². The fraction of sp³-hybridized carbons (Fsp3) is 0.300. The number of fused-ring (bicyclic) bond motifs is 1. The molecule has 0 unspecified atom stereocenters. The first-order valence-corrected chi connectivity index (χ1v) is 5.12. The van der Waals surface area contributed by atoms with E-state index >= 15 is 0 Å². The summed E-state index contributed by atoms with van der Waals surface area (Å²) < 4.78 is 38.6. The Balaban J connectivity index is 2.56. The minimum absolute atomic E-state index is 0.0207. The highest BCUT2D eigenvalue weighted by molar-refractivity contribution is 6.17. The fourth-order valence-corrected chi connectivity index (χ4v) is 1.79. The van der Waals surface area contributed by atoms with E-state index in [2.05, 4.69) is 4.98 Å². The highest BCUT2D eigenvalue weighted by Gasteiger charge is 2.31. The van der Waals surface area contributed by atoms with Crippen molar-refractivity contribution in [3.8, 4) is 0 Å². The van der Waals surface area contributed by atoms with E-state index < -0.39 is 12.6 Å². The zero-order chi connectivity index (χ0) is 11.8. The third-order valence-corrected chi connectivity index (χ3v) is 2.46. The van der Waals surface area contributed by atoms with Gasteiger partial charge in [0.1, 0.15) is 5.65 Å². The summed E-state index contributed by atoms with van der Waals surface area (Å²) in [6.45, 7) is 0. The van der Waals surface area contributed by atoms with Crippen LogP contribution in [0.15, 0.2) is 24.4 Å². The van der Waals surface area contributed by atoms with Crippen molar-refractivity contribution in [2.75, 3.05) is 0 Å². The lowest BCUT2D eigenvalue weighted by Crippen LogP contribution is -2.14. The van der Waals surface area contributed by atoms with Crippen molar-refractivity contribution in [1.82, 2.24) is 9.38 Å². The molecule has 0 saturated carbocycles. The largest absolute Gasteiger partial charge is 0.394 e. The maximum Gasteiger partial charge on any atom is 0.394 e. The molecule has 6 heteroatoms. The van der Waals surface area contributed by atoms with Crippen molar-refractivity contribution >= 4 is 17.2 Å². The number of nitrogens with zero attached hydrogens (tertiary/aromatic N) is 2. The molecule has 2 nitrogen and oxygen atoms in total. The molecule has 0 aliphatic heterocycles. The molecule has 0 spiro atoms. The van der Waals surface area contributed by atoms with Crippen LogP contribution < -0.4 is 0 Å². The third kappa shape index (κ3) is 2.14. The molecule has 0 aromatic carbocycles. The SMILES string of the molecule is FC(F)(F)Cc1c(CCl)nc2ccccn12. The molecular weight excluding hydrogens is 241 g/mol. The Bertz CT molecular complexity index is 504. The van der Waals surface area contributed by atoms with Gasteiger partial charge in [-0.25, -0.2) is 4.98 Å². The third-order valence-electron chi connectivity index (χ3n) is 2.21. The van der Waals surface area contributed by atoms with Crippen molar-refractivity contribution in [1.29, 1.82) is 0 Å². The molecule has 0 aliphatic rings. The van der Waals surface area contributed by atoms with Crippen LogP contribution in [0.3, 0.4) is 0 Å². The molecule has 0 aliphatic carbocycles. The highest BCUT2D eigenvalue weighted by Crippen LogP contribution is 2.25. The lowest BCUT2D eigenvalue weighted by Gasteiger charge is -2.07. The van der Waals surface area contributed by atoms with Crippen LogP contribution in [0.25, 0.3) is 5.65 Å². The fourth-order valence-electron chi connectivity index (χ4n) is 1.58. The first-order valence-electron chi connectivity index (χ1n) is 4.59. The van der Waals surface area contributed by atoms with Gasteiger partial charge in [0, 0.05) is 6.20 Å². The lowest BCUT2D eigenvalue weighted by molar-refractivity contribution is -0.128. The summed E-state index contributed by atoms with van der Waals surface area (Å²) >= 11 is 5.59.